The highest BCUT2D eigenvalue weighted by atomic mass is 35.5. The maximum Gasteiger partial charge on any atom is 0.313 e. The standard InChI is InChI=1S/C9H7NO2.ClH/c1-12-8-6-4-2-3-5-7(6)10-9(8)11;/h2-5H,1H3;1H. The Morgan fingerprint density at radius 2 is 2.00 bits per heavy atom. The second kappa shape index (κ2) is 3.58. The molecular weight excluding hydrogens is 190 g/mol. The summed E-state index contributed by atoms with van der Waals surface area (Å²) in [4.78, 5) is 14.9. The number of nitrogens with zero attached hydrogens (tertiary/aromatic N) is 1. The van der Waals surface area contributed by atoms with E-state index in [1.807, 2.05) is 18.2 Å². The Morgan fingerprint density at radius 1 is 1.31 bits per heavy atom. The molecule has 0 N–H and O–H groups in total. The molecule has 0 aromatic heterocycles. The summed E-state index contributed by atoms with van der Waals surface area (Å²) in [7, 11) is 1.48. The molecule has 1 amide bonds. The highest BCUT2D eigenvalue weighted by Gasteiger charge is 2.15. The van der Waals surface area contributed by atoms with Gasteiger partial charge in [-0.25, -0.2) is 4.99 Å². The summed E-state index contributed by atoms with van der Waals surface area (Å²) in [6, 6.07) is 7.31. The number of amides is 1. The zero-order valence-corrected chi connectivity index (χ0v) is 7.80. The molecule has 0 bridgehead atoms. The molecule has 0 spiro atoms. The predicted octanol–water partition coefficient (Wildman–Crippen LogP) is 0.0228. The third kappa shape index (κ3) is 1.42. The van der Waals surface area contributed by atoms with Crippen LogP contribution in [-0.4, -0.2) is 13.0 Å². The van der Waals surface area contributed by atoms with Gasteiger partial charge < -0.3 is 4.74 Å². The third-order valence-corrected chi connectivity index (χ3v) is 1.77. The van der Waals surface area contributed by atoms with Gasteiger partial charge in [-0.15, -0.1) is 12.4 Å². The van der Waals surface area contributed by atoms with E-state index in [2.05, 4.69) is 4.99 Å². The van der Waals surface area contributed by atoms with Gasteiger partial charge in [0.1, 0.15) is 0 Å². The van der Waals surface area contributed by atoms with E-state index in [9.17, 15) is 4.79 Å². The number of carbonyl (C=O) groups is 1. The van der Waals surface area contributed by atoms with Crippen molar-refractivity contribution < 1.29 is 9.53 Å². The van der Waals surface area contributed by atoms with Crippen molar-refractivity contribution >= 4 is 24.1 Å². The highest BCUT2D eigenvalue weighted by molar-refractivity contribution is 6.12. The first-order valence-corrected chi connectivity index (χ1v) is 3.59. The molecule has 68 valence electrons. The van der Waals surface area contributed by atoms with Crippen LogP contribution in [0.5, 0.6) is 0 Å². The number of hydrogen-bond donors (Lipinski definition) is 0. The van der Waals surface area contributed by atoms with E-state index in [0.29, 0.717) is 11.1 Å². The van der Waals surface area contributed by atoms with E-state index in [0.717, 1.165) is 5.22 Å². The van der Waals surface area contributed by atoms with Crippen LogP contribution >= 0.6 is 12.4 Å². The smallest absolute Gasteiger partial charge is 0.313 e. The summed E-state index contributed by atoms with van der Waals surface area (Å²) in [6.07, 6.45) is 0. The molecule has 0 unspecified atom stereocenters. The molecule has 0 radical (unpaired) electrons. The first-order valence-electron chi connectivity index (χ1n) is 3.59. The molecule has 2 rings (SSSR count). The number of fused-ring (bicyclic) bond motifs is 1. The average Bonchev–Trinajstić information content (AvgIpc) is 2.40. The summed E-state index contributed by atoms with van der Waals surface area (Å²) in [6.45, 7) is 0. The fourth-order valence-corrected chi connectivity index (χ4v) is 1.24. The van der Waals surface area contributed by atoms with Crippen molar-refractivity contribution in [2.45, 2.75) is 0 Å². The number of ether oxygens (including phenoxy) is 1. The van der Waals surface area contributed by atoms with Crippen LogP contribution in [0.4, 0.5) is 0 Å². The number of rotatable bonds is 1. The van der Waals surface area contributed by atoms with Gasteiger partial charge >= 0.3 is 5.91 Å². The van der Waals surface area contributed by atoms with Crippen LogP contribution in [0, 0.1) is 0 Å². The minimum absolute atomic E-state index is 0. The zero-order valence-electron chi connectivity index (χ0n) is 6.98. The van der Waals surface area contributed by atoms with Gasteiger partial charge in [-0.2, -0.15) is 0 Å². The van der Waals surface area contributed by atoms with Gasteiger partial charge in [0.05, 0.1) is 12.5 Å². The average molecular weight is 198 g/mol. The molecule has 0 saturated heterocycles. The Morgan fingerprint density at radius 3 is 2.69 bits per heavy atom. The first-order chi connectivity index (χ1) is 5.83. The van der Waals surface area contributed by atoms with Gasteiger partial charge in [0.2, 0.25) is 0 Å². The molecule has 1 aliphatic rings. The maximum absolute atomic E-state index is 11.1. The lowest BCUT2D eigenvalue weighted by Gasteiger charge is -1.94. The molecule has 1 aliphatic heterocycles. The van der Waals surface area contributed by atoms with Crippen molar-refractivity contribution in [2.75, 3.05) is 7.11 Å². The Balaban J connectivity index is 0.000000845. The normalized spacial score (nSPS) is 13.0. The van der Waals surface area contributed by atoms with Gasteiger partial charge in [-0.3, -0.25) is 4.79 Å². The van der Waals surface area contributed by atoms with Crippen LogP contribution in [0.1, 0.15) is 0 Å². The number of carbonyl (C=O) groups excluding carboxylic acids is 1. The van der Waals surface area contributed by atoms with Gasteiger partial charge in [-0.05, 0) is 12.1 Å². The largest absolute Gasteiger partial charge is 0.491 e. The number of hydrogen-bond acceptors (Lipinski definition) is 2. The lowest BCUT2D eigenvalue weighted by atomic mass is 10.3. The van der Waals surface area contributed by atoms with Crippen molar-refractivity contribution in [2.24, 2.45) is 4.99 Å². The number of methoxy groups -OCH3 is 1. The van der Waals surface area contributed by atoms with Gasteiger partial charge in [0.25, 0.3) is 0 Å². The van der Waals surface area contributed by atoms with Crippen LogP contribution in [0.15, 0.2) is 29.3 Å². The maximum atomic E-state index is 11.1. The molecular formula is C9H8ClNO2. The molecule has 0 aliphatic carbocycles. The minimum atomic E-state index is -0.293. The molecule has 13 heavy (non-hydrogen) atoms. The lowest BCUT2D eigenvalue weighted by Crippen LogP contribution is -2.22. The predicted molar refractivity (Wildman–Crippen MR) is 49.9 cm³/mol. The van der Waals surface area contributed by atoms with Crippen LogP contribution in [-0.2, 0) is 9.53 Å². The van der Waals surface area contributed by atoms with Gasteiger partial charge in [-0.1, -0.05) is 12.1 Å². The van der Waals surface area contributed by atoms with E-state index in [-0.39, 0.29) is 18.3 Å². The Bertz CT molecular complexity index is 453. The van der Waals surface area contributed by atoms with E-state index < -0.39 is 0 Å². The van der Waals surface area contributed by atoms with Gasteiger partial charge in [0, 0.05) is 5.22 Å². The highest BCUT2D eigenvalue weighted by Crippen LogP contribution is 1.99. The molecule has 1 aromatic rings. The van der Waals surface area contributed by atoms with Crippen LogP contribution in [0.3, 0.4) is 0 Å². The summed E-state index contributed by atoms with van der Waals surface area (Å²) < 4.78 is 4.92. The Hall–Kier alpha value is -1.35. The van der Waals surface area contributed by atoms with E-state index in [4.69, 9.17) is 4.74 Å². The summed E-state index contributed by atoms with van der Waals surface area (Å²) >= 11 is 0. The molecule has 0 atom stereocenters. The van der Waals surface area contributed by atoms with Crippen molar-refractivity contribution in [3.63, 3.8) is 0 Å². The SMILES string of the molecule is COC1=c2ccccc2=NC1=O.Cl. The monoisotopic (exact) mass is 197 g/mol. The van der Waals surface area contributed by atoms with Crippen molar-refractivity contribution in [1.82, 2.24) is 0 Å². The van der Waals surface area contributed by atoms with E-state index in [1.165, 1.54) is 7.11 Å². The van der Waals surface area contributed by atoms with E-state index in [1.54, 1.807) is 6.07 Å². The fraction of sp³-hybridized carbons (Fsp3) is 0.111. The molecule has 1 aromatic carbocycles. The van der Waals surface area contributed by atoms with Crippen molar-refractivity contribution in [3.8, 4) is 0 Å². The number of para-hydroxylation sites is 1. The van der Waals surface area contributed by atoms with Crippen LogP contribution in [0.25, 0.3) is 5.76 Å². The lowest BCUT2D eigenvalue weighted by molar-refractivity contribution is -0.114. The second-order valence-electron chi connectivity index (χ2n) is 2.47. The quantitative estimate of drug-likeness (QED) is 0.637. The molecule has 4 heteroatoms. The van der Waals surface area contributed by atoms with Crippen molar-refractivity contribution in [3.05, 3.63) is 34.8 Å². The summed E-state index contributed by atoms with van der Waals surface area (Å²) in [5.74, 6) is 0.0456. The van der Waals surface area contributed by atoms with E-state index >= 15 is 0 Å². The topological polar surface area (TPSA) is 38.7 Å². The molecule has 0 saturated carbocycles. The van der Waals surface area contributed by atoms with Gasteiger partial charge in [0.15, 0.2) is 5.76 Å². The zero-order chi connectivity index (χ0) is 8.55. The molecule has 1 heterocycles. The van der Waals surface area contributed by atoms with Crippen molar-refractivity contribution in [1.29, 1.82) is 0 Å². The van der Waals surface area contributed by atoms with Crippen LogP contribution < -0.4 is 10.6 Å². The molecule has 0 fully saturated rings. The van der Waals surface area contributed by atoms with Crippen LogP contribution in [0.2, 0.25) is 0 Å². The summed E-state index contributed by atoms with van der Waals surface area (Å²) in [5.41, 5.74) is 0. The molecule has 3 nitrogen and oxygen atoms in total. The Labute approximate surface area is 81.2 Å². The minimum Gasteiger partial charge on any atom is -0.491 e. The second-order valence-corrected chi connectivity index (χ2v) is 2.47. The summed E-state index contributed by atoms with van der Waals surface area (Å²) in [5, 5.41) is 1.48. The third-order valence-electron chi connectivity index (χ3n) is 1.77. The fourth-order valence-electron chi connectivity index (χ4n) is 1.24. The number of halogens is 1. The number of benzene rings is 1. The Kier molecular flexibility index (Phi) is 2.68. The first kappa shape index (κ1) is 9.74.